The van der Waals surface area contributed by atoms with Crippen LogP contribution in [0.5, 0.6) is 0 Å². The van der Waals surface area contributed by atoms with Gasteiger partial charge < -0.3 is 15.4 Å². The molecule has 1 aromatic carbocycles. The van der Waals surface area contributed by atoms with E-state index in [2.05, 4.69) is 10.6 Å². The van der Waals surface area contributed by atoms with E-state index in [1.165, 1.54) is 6.42 Å². The highest BCUT2D eigenvalue weighted by atomic mass is 32.1. The molecule has 0 amide bonds. The first-order valence-electron chi connectivity index (χ1n) is 5.95. The average Bonchev–Trinajstić information content (AvgIpc) is 2.77. The molecular weight excluding hydrogens is 232 g/mol. The number of ether oxygens (including phenoxy) is 1. The van der Waals surface area contributed by atoms with E-state index >= 15 is 0 Å². The molecular formula is C13H18N2OS. The van der Waals surface area contributed by atoms with E-state index in [9.17, 15) is 0 Å². The summed E-state index contributed by atoms with van der Waals surface area (Å²) in [5.41, 5.74) is 1.01. The molecule has 1 saturated carbocycles. The van der Waals surface area contributed by atoms with E-state index in [1.54, 1.807) is 7.11 Å². The Balaban J connectivity index is 1.85. The normalized spacial score (nSPS) is 23.4. The molecule has 17 heavy (non-hydrogen) atoms. The molecule has 4 heteroatoms. The standard InChI is InChI=1S/C13H18N2OS/c1-16-12-9-5-8-11(12)15-13(17)14-10-6-3-2-4-7-10/h2-4,6-7,11-12H,5,8-9H2,1H3,(H2,14,15,17). The monoisotopic (exact) mass is 250 g/mol. The Bertz CT molecular complexity index is 369. The maximum atomic E-state index is 5.42. The molecule has 0 aromatic heterocycles. The lowest BCUT2D eigenvalue weighted by molar-refractivity contribution is 0.0909. The summed E-state index contributed by atoms with van der Waals surface area (Å²) >= 11 is 5.30. The van der Waals surface area contributed by atoms with Gasteiger partial charge in [0.05, 0.1) is 12.1 Å². The lowest BCUT2D eigenvalue weighted by atomic mass is 10.2. The van der Waals surface area contributed by atoms with Gasteiger partial charge in [-0.2, -0.15) is 0 Å². The number of methoxy groups -OCH3 is 1. The van der Waals surface area contributed by atoms with Crippen LogP contribution >= 0.6 is 12.2 Å². The first kappa shape index (κ1) is 12.3. The quantitative estimate of drug-likeness (QED) is 0.808. The molecule has 0 radical (unpaired) electrons. The van der Waals surface area contributed by atoms with Gasteiger partial charge in [-0.15, -0.1) is 0 Å². The van der Waals surface area contributed by atoms with E-state index in [4.69, 9.17) is 17.0 Å². The second-order valence-corrected chi connectivity index (χ2v) is 4.68. The number of nitrogens with one attached hydrogen (secondary N) is 2. The lowest BCUT2D eigenvalue weighted by Crippen LogP contribution is -2.42. The van der Waals surface area contributed by atoms with Crippen LogP contribution in [-0.2, 0) is 4.74 Å². The largest absolute Gasteiger partial charge is 0.379 e. The highest BCUT2D eigenvalue weighted by Gasteiger charge is 2.27. The molecule has 0 saturated heterocycles. The molecule has 0 heterocycles. The second kappa shape index (κ2) is 5.98. The second-order valence-electron chi connectivity index (χ2n) is 4.28. The molecule has 92 valence electrons. The van der Waals surface area contributed by atoms with Crippen LogP contribution in [0.2, 0.25) is 0 Å². The van der Waals surface area contributed by atoms with Gasteiger partial charge in [-0.05, 0) is 43.6 Å². The highest BCUT2D eigenvalue weighted by Crippen LogP contribution is 2.21. The molecule has 2 atom stereocenters. The third-order valence-electron chi connectivity index (χ3n) is 3.10. The SMILES string of the molecule is COC1CCCC1NC(=S)Nc1ccccc1. The van der Waals surface area contributed by atoms with Gasteiger partial charge in [0.15, 0.2) is 5.11 Å². The van der Waals surface area contributed by atoms with Crippen molar-refractivity contribution in [2.75, 3.05) is 12.4 Å². The van der Waals surface area contributed by atoms with Crippen LogP contribution < -0.4 is 10.6 Å². The summed E-state index contributed by atoms with van der Waals surface area (Å²) in [5, 5.41) is 7.17. The van der Waals surface area contributed by atoms with Crippen LogP contribution in [0, 0.1) is 0 Å². The number of para-hydroxylation sites is 1. The minimum atomic E-state index is 0.283. The molecule has 1 aromatic rings. The van der Waals surface area contributed by atoms with Gasteiger partial charge in [-0.1, -0.05) is 18.2 Å². The molecule has 2 rings (SSSR count). The summed E-state index contributed by atoms with van der Waals surface area (Å²) in [6, 6.07) is 10.3. The summed E-state index contributed by atoms with van der Waals surface area (Å²) in [5.74, 6) is 0. The van der Waals surface area contributed by atoms with E-state index in [0.29, 0.717) is 11.2 Å². The Morgan fingerprint density at radius 1 is 1.29 bits per heavy atom. The topological polar surface area (TPSA) is 33.3 Å². The highest BCUT2D eigenvalue weighted by molar-refractivity contribution is 7.80. The average molecular weight is 250 g/mol. The van der Waals surface area contributed by atoms with Gasteiger partial charge in [0, 0.05) is 12.8 Å². The van der Waals surface area contributed by atoms with Gasteiger partial charge in [-0.3, -0.25) is 0 Å². The molecule has 0 bridgehead atoms. The third kappa shape index (κ3) is 3.41. The van der Waals surface area contributed by atoms with Crippen molar-refractivity contribution in [1.82, 2.24) is 5.32 Å². The summed E-state index contributed by atoms with van der Waals surface area (Å²) in [4.78, 5) is 0. The van der Waals surface area contributed by atoms with Crippen molar-refractivity contribution < 1.29 is 4.74 Å². The number of rotatable bonds is 3. The van der Waals surface area contributed by atoms with Crippen LogP contribution in [0.4, 0.5) is 5.69 Å². The number of anilines is 1. The van der Waals surface area contributed by atoms with E-state index in [-0.39, 0.29) is 6.10 Å². The van der Waals surface area contributed by atoms with Crippen LogP contribution in [0.25, 0.3) is 0 Å². The maximum Gasteiger partial charge on any atom is 0.171 e. The smallest absolute Gasteiger partial charge is 0.171 e. The van der Waals surface area contributed by atoms with Gasteiger partial charge in [0.1, 0.15) is 0 Å². The van der Waals surface area contributed by atoms with Crippen molar-refractivity contribution in [2.45, 2.75) is 31.4 Å². The molecule has 1 aliphatic rings. The predicted molar refractivity (Wildman–Crippen MR) is 74.2 cm³/mol. The van der Waals surface area contributed by atoms with Gasteiger partial charge in [0.25, 0.3) is 0 Å². The number of benzene rings is 1. The maximum absolute atomic E-state index is 5.42. The van der Waals surface area contributed by atoms with E-state index in [0.717, 1.165) is 18.5 Å². The first-order valence-corrected chi connectivity index (χ1v) is 6.36. The molecule has 0 aliphatic heterocycles. The zero-order valence-electron chi connectivity index (χ0n) is 9.98. The summed E-state index contributed by atoms with van der Waals surface area (Å²) < 4.78 is 5.42. The Labute approximate surface area is 108 Å². The number of hydrogen-bond acceptors (Lipinski definition) is 2. The summed E-state index contributed by atoms with van der Waals surface area (Å²) in [6.07, 6.45) is 3.71. The Morgan fingerprint density at radius 2 is 2.06 bits per heavy atom. The van der Waals surface area contributed by atoms with Crippen molar-refractivity contribution in [3.05, 3.63) is 30.3 Å². The molecule has 0 spiro atoms. The minimum Gasteiger partial charge on any atom is -0.379 e. The molecule has 1 aliphatic carbocycles. The van der Waals surface area contributed by atoms with Gasteiger partial charge >= 0.3 is 0 Å². The Kier molecular flexibility index (Phi) is 4.34. The van der Waals surface area contributed by atoms with Crippen molar-refractivity contribution in [1.29, 1.82) is 0 Å². The van der Waals surface area contributed by atoms with Crippen molar-refractivity contribution in [3.63, 3.8) is 0 Å². The minimum absolute atomic E-state index is 0.283. The van der Waals surface area contributed by atoms with Crippen molar-refractivity contribution in [2.24, 2.45) is 0 Å². The van der Waals surface area contributed by atoms with Crippen LogP contribution in [0.15, 0.2) is 30.3 Å². The van der Waals surface area contributed by atoms with Crippen molar-refractivity contribution in [3.8, 4) is 0 Å². The van der Waals surface area contributed by atoms with Gasteiger partial charge in [-0.25, -0.2) is 0 Å². The molecule has 2 unspecified atom stereocenters. The number of thiocarbonyl (C=S) groups is 1. The lowest BCUT2D eigenvalue weighted by Gasteiger charge is -2.21. The molecule has 2 N–H and O–H groups in total. The first-order chi connectivity index (χ1) is 8.29. The van der Waals surface area contributed by atoms with Crippen molar-refractivity contribution >= 4 is 23.0 Å². The fourth-order valence-corrected chi connectivity index (χ4v) is 2.50. The fourth-order valence-electron chi connectivity index (χ4n) is 2.23. The zero-order chi connectivity index (χ0) is 12.1. The summed E-state index contributed by atoms with van der Waals surface area (Å²) in [6.45, 7) is 0. The van der Waals surface area contributed by atoms with Crippen LogP contribution in [0.1, 0.15) is 19.3 Å². The van der Waals surface area contributed by atoms with Gasteiger partial charge in [0.2, 0.25) is 0 Å². The Hall–Kier alpha value is -1.13. The molecule has 3 nitrogen and oxygen atoms in total. The van der Waals surface area contributed by atoms with Crippen LogP contribution in [0.3, 0.4) is 0 Å². The third-order valence-corrected chi connectivity index (χ3v) is 3.32. The van der Waals surface area contributed by atoms with E-state index in [1.807, 2.05) is 30.3 Å². The zero-order valence-corrected chi connectivity index (χ0v) is 10.8. The predicted octanol–water partition coefficient (Wildman–Crippen LogP) is 2.54. The van der Waals surface area contributed by atoms with Crippen LogP contribution in [-0.4, -0.2) is 24.4 Å². The fraction of sp³-hybridized carbons (Fsp3) is 0.462. The van der Waals surface area contributed by atoms with E-state index < -0.39 is 0 Å². The number of hydrogen-bond donors (Lipinski definition) is 2. The molecule has 1 fully saturated rings. The Morgan fingerprint density at radius 3 is 2.76 bits per heavy atom. The summed E-state index contributed by atoms with van der Waals surface area (Å²) in [7, 11) is 1.76.